The van der Waals surface area contributed by atoms with Gasteiger partial charge in [-0.2, -0.15) is 4.80 Å². The van der Waals surface area contributed by atoms with Gasteiger partial charge in [0.2, 0.25) is 5.82 Å². The van der Waals surface area contributed by atoms with Gasteiger partial charge in [0.15, 0.2) is 0 Å². The Labute approximate surface area is 215 Å². The number of hydrogen-bond acceptors (Lipinski definition) is 8. The number of nitrogens with zero attached hydrogens (tertiary/aromatic N) is 5. The van der Waals surface area contributed by atoms with E-state index in [9.17, 15) is 9.90 Å². The molecule has 10 heteroatoms. The summed E-state index contributed by atoms with van der Waals surface area (Å²) in [7, 11) is 0. The van der Waals surface area contributed by atoms with Gasteiger partial charge in [0, 0.05) is 11.1 Å². The first-order valence-electron chi connectivity index (χ1n) is 9.80. The largest absolute Gasteiger partial charge is 1.00 e. The van der Waals surface area contributed by atoms with E-state index in [1.807, 2.05) is 48.5 Å². The number of hydrogen-bond donors (Lipinski definition) is 0. The van der Waals surface area contributed by atoms with Crippen LogP contribution in [0.3, 0.4) is 0 Å². The van der Waals surface area contributed by atoms with Crippen LogP contribution in [0, 0.1) is 0 Å². The van der Waals surface area contributed by atoms with Gasteiger partial charge in [0.1, 0.15) is 17.4 Å². The fourth-order valence-corrected chi connectivity index (χ4v) is 4.17. The monoisotopic (exact) mass is 465 g/mol. The number of carboxylic acids is 1. The summed E-state index contributed by atoms with van der Waals surface area (Å²) in [5.74, 6) is -0.152. The third kappa shape index (κ3) is 5.28. The van der Waals surface area contributed by atoms with Gasteiger partial charge in [-0.25, -0.2) is 4.98 Å². The van der Waals surface area contributed by atoms with E-state index in [1.165, 1.54) is 10.9 Å². The Morgan fingerprint density at radius 1 is 1.03 bits per heavy atom. The molecule has 0 atom stereocenters. The fraction of sp³-hybridized carbons (Fsp3) is 0.0870. The van der Waals surface area contributed by atoms with Crippen LogP contribution in [-0.2, 0) is 13.2 Å². The maximum atomic E-state index is 11.3. The number of ether oxygens (including phenoxy) is 1. The smallest absolute Gasteiger partial charge is 0.545 e. The quantitative estimate of drug-likeness (QED) is 0.310. The van der Waals surface area contributed by atoms with E-state index in [1.54, 1.807) is 29.5 Å². The SMILES string of the molecule is O=C([O-])c1ccccc1Cn1nnc(-c2cccc(OCc3nc4ccccc4s3)c2)n1.[Na+]. The molecule has 8 nitrogen and oxygen atoms in total. The first kappa shape index (κ1) is 23.1. The molecule has 0 N–H and O–H groups in total. The zero-order valence-corrected chi connectivity index (χ0v) is 20.5. The first-order chi connectivity index (χ1) is 15.7. The van der Waals surface area contributed by atoms with Crippen LogP contribution in [0.4, 0.5) is 0 Å². The second kappa shape index (κ2) is 10.2. The topological polar surface area (TPSA) is 106 Å². The zero-order chi connectivity index (χ0) is 21.9. The van der Waals surface area contributed by atoms with Crippen LogP contribution in [-0.4, -0.2) is 31.2 Å². The van der Waals surface area contributed by atoms with E-state index in [0.717, 1.165) is 20.8 Å². The van der Waals surface area contributed by atoms with Crippen LogP contribution in [0.5, 0.6) is 5.75 Å². The van der Waals surface area contributed by atoms with Crippen molar-refractivity contribution in [1.29, 1.82) is 0 Å². The Hall–Kier alpha value is -3.11. The van der Waals surface area contributed by atoms with Crippen LogP contribution in [0.1, 0.15) is 20.9 Å². The Morgan fingerprint density at radius 2 is 1.85 bits per heavy atom. The predicted molar refractivity (Wildman–Crippen MR) is 117 cm³/mol. The minimum Gasteiger partial charge on any atom is -0.545 e. The van der Waals surface area contributed by atoms with Crippen molar-refractivity contribution in [3.63, 3.8) is 0 Å². The molecule has 0 aliphatic heterocycles. The van der Waals surface area contributed by atoms with Gasteiger partial charge < -0.3 is 14.6 Å². The standard InChI is InChI=1S/C23H17N5O3S.Na/c29-23(30)18-9-2-1-6-16(18)13-28-26-22(25-27-28)15-7-5-8-17(12-15)31-14-21-24-19-10-3-4-11-20(19)32-21;/h1-12H,13-14H2,(H,29,30);/q;+1/p-1. The molecule has 0 radical (unpaired) electrons. The zero-order valence-electron chi connectivity index (χ0n) is 17.7. The van der Waals surface area contributed by atoms with Crippen molar-refractivity contribution in [2.75, 3.05) is 0 Å². The predicted octanol–water partition coefficient (Wildman–Crippen LogP) is -0.0554. The average molecular weight is 465 g/mol. The van der Waals surface area contributed by atoms with E-state index < -0.39 is 5.97 Å². The van der Waals surface area contributed by atoms with E-state index in [2.05, 4.69) is 20.4 Å². The molecule has 0 aliphatic rings. The molecule has 33 heavy (non-hydrogen) atoms. The minimum absolute atomic E-state index is 0. The van der Waals surface area contributed by atoms with Gasteiger partial charge in [-0.05, 0) is 35.0 Å². The van der Waals surface area contributed by atoms with Crippen molar-refractivity contribution in [2.24, 2.45) is 0 Å². The van der Waals surface area contributed by atoms with Crippen LogP contribution in [0.15, 0.2) is 72.8 Å². The second-order valence-electron chi connectivity index (χ2n) is 6.98. The number of tetrazole rings is 1. The Morgan fingerprint density at radius 3 is 2.70 bits per heavy atom. The number of carboxylic acid groups (broad SMARTS) is 1. The molecule has 158 valence electrons. The molecule has 0 fully saturated rings. The number of fused-ring (bicyclic) bond motifs is 1. The first-order valence-corrected chi connectivity index (χ1v) is 10.6. The summed E-state index contributed by atoms with van der Waals surface area (Å²) in [4.78, 5) is 17.2. The summed E-state index contributed by atoms with van der Waals surface area (Å²) in [5.41, 5.74) is 2.36. The molecular formula is C23H16N5NaO3S. The summed E-state index contributed by atoms with van der Waals surface area (Å²) in [6.45, 7) is 0.536. The van der Waals surface area contributed by atoms with Crippen LogP contribution >= 0.6 is 11.3 Å². The van der Waals surface area contributed by atoms with Crippen molar-refractivity contribution >= 4 is 27.5 Å². The Balaban J connectivity index is 0.00000259. The van der Waals surface area contributed by atoms with Crippen LogP contribution in [0.2, 0.25) is 0 Å². The number of benzene rings is 3. The average Bonchev–Trinajstić information content (AvgIpc) is 3.45. The number of aromatic nitrogens is 5. The van der Waals surface area contributed by atoms with Crippen LogP contribution < -0.4 is 39.4 Å². The van der Waals surface area contributed by atoms with Crippen molar-refractivity contribution in [1.82, 2.24) is 25.2 Å². The van der Waals surface area contributed by atoms with Gasteiger partial charge >= 0.3 is 29.6 Å². The Bertz CT molecular complexity index is 1390. The van der Waals surface area contributed by atoms with Gasteiger partial charge in [-0.15, -0.1) is 21.5 Å². The molecule has 0 aliphatic carbocycles. The molecule has 0 saturated carbocycles. The number of carbonyl (C=O) groups excluding carboxylic acids is 1. The molecule has 0 amide bonds. The number of para-hydroxylation sites is 1. The number of thiazole rings is 1. The number of rotatable bonds is 7. The molecule has 0 spiro atoms. The molecule has 2 aromatic heterocycles. The van der Waals surface area contributed by atoms with Crippen molar-refractivity contribution < 1.29 is 44.2 Å². The van der Waals surface area contributed by atoms with E-state index >= 15 is 0 Å². The fourth-order valence-electron chi connectivity index (χ4n) is 3.29. The van der Waals surface area contributed by atoms with Crippen LogP contribution in [0.25, 0.3) is 21.6 Å². The van der Waals surface area contributed by atoms with E-state index in [0.29, 0.717) is 23.7 Å². The summed E-state index contributed by atoms with van der Waals surface area (Å²) >= 11 is 1.60. The van der Waals surface area contributed by atoms with Gasteiger partial charge in [-0.3, -0.25) is 0 Å². The number of carbonyl (C=O) groups is 1. The molecule has 2 heterocycles. The molecule has 5 rings (SSSR count). The summed E-state index contributed by atoms with van der Waals surface area (Å²) in [6, 6.07) is 22.0. The third-order valence-corrected chi connectivity index (χ3v) is 5.80. The van der Waals surface area contributed by atoms with Crippen molar-refractivity contribution in [2.45, 2.75) is 13.2 Å². The third-order valence-electron chi connectivity index (χ3n) is 4.79. The molecule has 0 saturated heterocycles. The minimum atomic E-state index is -1.24. The Kier molecular flexibility index (Phi) is 7.14. The van der Waals surface area contributed by atoms with E-state index in [4.69, 9.17) is 4.74 Å². The molecule has 3 aromatic carbocycles. The van der Waals surface area contributed by atoms with Gasteiger partial charge in [0.25, 0.3) is 0 Å². The molecule has 0 unspecified atom stereocenters. The number of aromatic carboxylic acids is 1. The summed E-state index contributed by atoms with van der Waals surface area (Å²) in [5, 5.41) is 24.7. The van der Waals surface area contributed by atoms with E-state index in [-0.39, 0.29) is 41.7 Å². The second-order valence-corrected chi connectivity index (χ2v) is 8.10. The molecule has 5 aromatic rings. The van der Waals surface area contributed by atoms with Gasteiger partial charge in [0.05, 0.1) is 22.7 Å². The summed E-state index contributed by atoms with van der Waals surface area (Å²) in [6.07, 6.45) is 0. The van der Waals surface area contributed by atoms with Crippen molar-refractivity contribution in [3.8, 4) is 17.1 Å². The maximum Gasteiger partial charge on any atom is 1.00 e. The summed E-state index contributed by atoms with van der Waals surface area (Å²) < 4.78 is 7.05. The molecular weight excluding hydrogens is 449 g/mol. The molecule has 0 bridgehead atoms. The normalized spacial score (nSPS) is 10.7. The van der Waals surface area contributed by atoms with Crippen molar-refractivity contribution in [3.05, 3.63) is 88.9 Å². The maximum absolute atomic E-state index is 11.3. The van der Waals surface area contributed by atoms with Gasteiger partial charge in [-0.1, -0.05) is 48.5 Å².